The molecule has 1 atom stereocenters. The molecule has 0 radical (unpaired) electrons. The number of carbonyl (C=O) groups excluding carboxylic acids is 1. The van der Waals surface area contributed by atoms with Crippen LogP contribution in [-0.4, -0.2) is 41.6 Å². The Morgan fingerprint density at radius 3 is 2.40 bits per heavy atom. The van der Waals surface area contributed by atoms with E-state index in [4.69, 9.17) is 9.84 Å². The number of likely N-dealkylation sites (N-methyl/N-ethyl adjacent to an activating group) is 1. The van der Waals surface area contributed by atoms with Crippen LogP contribution in [0, 0.1) is 0 Å². The predicted octanol–water partition coefficient (Wildman–Crippen LogP) is 2.99. The molecule has 0 bridgehead atoms. The number of carboxylic acids is 1. The smallest absolute Gasteiger partial charge is 0.335 e. The molecule has 1 unspecified atom stereocenters. The molecule has 0 aliphatic carbocycles. The molecule has 2 rings (SSSR count). The number of carboxylic acid groups (broad SMARTS) is 1. The number of nitrogens with zero attached hydrogens (tertiary/aromatic N) is 1. The number of rotatable bonds is 8. The number of hydrogen-bond donors (Lipinski definition) is 1. The summed E-state index contributed by atoms with van der Waals surface area (Å²) in [4.78, 5) is 25.4. The molecule has 0 amide bonds. The Balaban J connectivity index is 2.16. The Labute approximate surface area is 147 Å². The zero-order valence-corrected chi connectivity index (χ0v) is 14.5. The van der Waals surface area contributed by atoms with Crippen molar-refractivity contribution in [1.29, 1.82) is 0 Å². The summed E-state index contributed by atoms with van der Waals surface area (Å²) in [5, 5.41) is 9.12. The van der Waals surface area contributed by atoms with E-state index >= 15 is 0 Å². The lowest BCUT2D eigenvalue weighted by Gasteiger charge is -2.26. The summed E-state index contributed by atoms with van der Waals surface area (Å²) in [6.45, 7) is 2.57. The number of esters is 1. The molecular weight excluding hydrogens is 318 g/mol. The molecule has 0 aromatic heterocycles. The van der Waals surface area contributed by atoms with Crippen molar-refractivity contribution in [3.05, 3.63) is 71.3 Å². The first-order chi connectivity index (χ1) is 12.0. The molecule has 0 aliphatic rings. The summed E-state index contributed by atoms with van der Waals surface area (Å²) in [7, 11) is 1.85. The van der Waals surface area contributed by atoms with Crippen molar-refractivity contribution in [2.75, 3.05) is 13.7 Å². The molecule has 132 valence electrons. The molecule has 1 N–H and O–H groups in total. The molecule has 0 saturated carbocycles. The van der Waals surface area contributed by atoms with Crippen LogP contribution in [0.5, 0.6) is 0 Å². The zero-order valence-electron chi connectivity index (χ0n) is 14.5. The molecule has 0 saturated heterocycles. The quantitative estimate of drug-likeness (QED) is 0.748. The van der Waals surface area contributed by atoms with Gasteiger partial charge in [-0.1, -0.05) is 42.5 Å². The third kappa shape index (κ3) is 5.43. The van der Waals surface area contributed by atoms with E-state index in [-0.39, 0.29) is 11.5 Å². The zero-order chi connectivity index (χ0) is 18.2. The monoisotopic (exact) mass is 341 g/mol. The summed E-state index contributed by atoms with van der Waals surface area (Å²) in [5.74, 6) is -1.24. The van der Waals surface area contributed by atoms with E-state index in [0.29, 0.717) is 19.6 Å². The Morgan fingerprint density at radius 2 is 1.76 bits per heavy atom. The maximum atomic E-state index is 12.4. The lowest BCUT2D eigenvalue weighted by Crippen LogP contribution is -2.41. The van der Waals surface area contributed by atoms with Crippen molar-refractivity contribution in [3.8, 4) is 0 Å². The van der Waals surface area contributed by atoms with Gasteiger partial charge in [-0.15, -0.1) is 0 Å². The number of carbonyl (C=O) groups is 2. The van der Waals surface area contributed by atoms with Gasteiger partial charge >= 0.3 is 11.9 Å². The minimum absolute atomic E-state index is 0.238. The van der Waals surface area contributed by atoms with Crippen molar-refractivity contribution in [1.82, 2.24) is 4.90 Å². The van der Waals surface area contributed by atoms with Gasteiger partial charge in [0.25, 0.3) is 0 Å². The topological polar surface area (TPSA) is 66.8 Å². The normalized spacial score (nSPS) is 12.0. The SMILES string of the molecule is CCOC(=O)C(Cc1ccccc1)N(C)Cc1cccc(C(=O)O)c1. The summed E-state index contributed by atoms with van der Waals surface area (Å²) in [6, 6.07) is 16.1. The lowest BCUT2D eigenvalue weighted by molar-refractivity contribution is -0.149. The highest BCUT2D eigenvalue weighted by Crippen LogP contribution is 2.14. The van der Waals surface area contributed by atoms with Crippen LogP contribution in [0.15, 0.2) is 54.6 Å². The third-order valence-corrected chi connectivity index (χ3v) is 3.97. The van der Waals surface area contributed by atoms with Crippen LogP contribution in [0.25, 0.3) is 0 Å². The molecule has 2 aromatic carbocycles. The highest BCUT2D eigenvalue weighted by Gasteiger charge is 2.25. The second kappa shape index (κ2) is 8.99. The van der Waals surface area contributed by atoms with Crippen molar-refractivity contribution >= 4 is 11.9 Å². The van der Waals surface area contributed by atoms with Gasteiger partial charge in [0.15, 0.2) is 0 Å². The van der Waals surface area contributed by atoms with E-state index in [1.54, 1.807) is 25.1 Å². The minimum Gasteiger partial charge on any atom is -0.478 e. The summed E-state index contributed by atoms with van der Waals surface area (Å²) in [6.07, 6.45) is 0.537. The van der Waals surface area contributed by atoms with E-state index in [2.05, 4.69) is 0 Å². The van der Waals surface area contributed by atoms with Crippen LogP contribution in [0.3, 0.4) is 0 Å². The van der Waals surface area contributed by atoms with E-state index < -0.39 is 12.0 Å². The van der Waals surface area contributed by atoms with Gasteiger partial charge < -0.3 is 9.84 Å². The Hall–Kier alpha value is -2.66. The first-order valence-corrected chi connectivity index (χ1v) is 8.24. The van der Waals surface area contributed by atoms with Gasteiger partial charge in [0.2, 0.25) is 0 Å². The van der Waals surface area contributed by atoms with Crippen LogP contribution >= 0.6 is 0 Å². The highest BCUT2D eigenvalue weighted by atomic mass is 16.5. The number of benzene rings is 2. The van der Waals surface area contributed by atoms with Crippen LogP contribution < -0.4 is 0 Å². The van der Waals surface area contributed by atoms with Gasteiger partial charge in [0.05, 0.1) is 12.2 Å². The largest absolute Gasteiger partial charge is 0.478 e. The lowest BCUT2D eigenvalue weighted by atomic mass is 10.0. The van der Waals surface area contributed by atoms with Crippen LogP contribution in [0.1, 0.15) is 28.4 Å². The molecule has 0 spiro atoms. The summed E-state index contributed by atoms with van der Waals surface area (Å²) < 4.78 is 5.22. The maximum Gasteiger partial charge on any atom is 0.335 e. The van der Waals surface area contributed by atoms with Gasteiger partial charge in [-0.2, -0.15) is 0 Å². The second-order valence-corrected chi connectivity index (χ2v) is 5.88. The van der Waals surface area contributed by atoms with E-state index in [1.807, 2.05) is 48.3 Å². The number of ether oxygens (including phenoxy) is 1. The van der Waals surface area contributed by atoms with E-state index in [1.165, 1.54) is 0 Å². The fraction of sp³-hybridized carbons (Fsp3) is 0.300. The molecular formula is C20H23NO4. The van der Waals surface area contributed by atoms with Crippen molar-refractivity contribution in [2.45, 2.75) is 25.9 Å². The second-order valence-electron chi connectivity index (χ2n) is 5.88. The third-order valence-electron chi connectivity index (χ3n) is 3.97. The fourth-order valence-corrected chi connectivity index (χ4v) is 2.70. The molecule has 2 aromatic rings. The minimum atomic E-state index is -0.962. The first kappa shape index (κ1) is 18.7. The van der Waals surface area contributed by atoms with Crippen LogP contribution in [0.4, 0.5) is 0 Å². The van der Waals surface area contributed by atoms with E-state index in [0.717, 1.165) is 11.1 Å². The van der Waals surface area contributed by atoms with Gasteiger partial charge in [-0.3, -0.25) is 9.69 Å². The van der Waals surface area contributed by atoms with Gasteiger partial charge in [0, 0.05) is 6.54 Å². The Morgan fingerprint density at radius 1 is 1.08 bits per heavy atom. The molecule has 0 aliphatic heterocycles. The molecule has 0 heterocycles. The summed E-state index contributed by atoms with van der Waals surface area (Å²) in [5.41, 5.74) is 2.12. The van der Waals surface area contributed by atoms with Crippen LogP contribution in [-0.2, 0) is 22.5 Å². The number of aromatic carboxylic acids is 1. The van der Waals surface area contributed by atoms with Crippen molar-refractivity contribution in [3.63, 3.8) is 0 Å². The van der Waals surface area contributed by atoms with Gasteiger partial charge in [0.1, 0.15) is 6.04 Å². The Bertz CT molecular complexity index is 715. The number of hydrogen-bond acceptors (Lipinski definition) is 4. The van der Waals surface area contributed by atoms with Crippen molar-refractivity contribution in [2.24, 2.45) is 0 Å². The van der Waals surface area contributed by atoms with Crippen molar-refractivity contribution < 1.29 is 19.4 Å². The molecule has 25 heavy (non-hydrogen) atoms. The fourth-order valence-electron chi connectivity index (χ4n) is 2.70. The molecule has 5 nitrogen and oxygen atoms in total. The predicted molar refractivity (Wildman–Crippen MR) is 95.4 cm³/mol. The first-order valence-electron chi connectivity index (χ1n) is 8.24. The average Bonchev–Trinajstić information content (AvgIpc) is 2.60. The standard InChI is InChI=1S/C20H23NO4/c1-3-25-20(24)18(13-15-8-5-4-6-9-15)21(2)14-16-10-7-11-17(12-16)19(22)23/h4-12,18H,3,13-14H2,1-2H3,(H,22,23). The van der Waals surface area contributed by atoms with Crippen LogP contribution in [0.2, 0.25) is 0 Å². The van der Waals surface area contributed by atoms with Gasteiger partial charge in [-0.05, 0) is 43.7 Å². The van der Waals surface area contributed by atoms with E-state index in [9.17, 15) is 9.59 Å². The molecule has 5 heteroatoms. The summed E-state index contributed by atoms with van der Waals surface area (Å²) >= 11 is 0. The average molecular weight is 341 g/mol. The maximum absolute atomic E-state index is 12.4. The Kier molecular flexibility index (Phi) is 6.71. The highest BCUT2D eigenvalue weighted by molar-refractivity contribution is 5.87. The van der Waals surface area contributed by atoms with Gasteiger partial charge in [-0.25, -0.2) is 4.79 Å². The molecule has 0 fully saturated rings.